The lowest BCUT2D eigenvalue weighted by atomic mass is 10.0. The molecule has 0 radical (unpaired) electrons. The van der Waals surface area contributed by atoms with Crippen LogP contribution in [-0.2, 0) is 0 Å². The lowest BCUT2D eigenvalue weighted by molar-refractivity contribution is 0.0302. The average Bonchev–Trinajstić information content (AvgIpc) is 2.75. The zero-order chi connectivity index (χ0) is 12.3. The van der Waals surface area contributed by atoms with E-state index in [1.54, 1.807) is 0 Å². The standard InChI is InChI=1S/C14H29N3/c1-12(6-4-8-15-3)17-11-14-7-5-9-16(14)10-13(17)2/h12-15H,4-11H2,1-3H3. The summed E-state index contributed by atoms with van der Waals surface area (Å²) in [4.78, 5) is 5.46. The van der Waals surface area contributed by atoms with E-state index in [-0.39, 0.29) is 0 Å². The molecule has 2 fully saturated rings. The van der Waals surface area contributed by atoms with Crippen LogP contribution in [0, 0.1) is 0 Å². The highest BCUT2D eigenvalue weighted by Gasteiger charge is 2.35. The zero-order valence-electron chi connectivity index (χ0n) is 11.8. The fourth-order valence-corrected chi connectivity index (χ4v) is 3.56. The number of hydrogen-bond donors (Lipinski definition) is 1. The van der Waals surface area contributed by atoms with Crippen LogP contribution in [0.2, 0.25) is 0 Å². The van der Waals surface area contributed by atoms with Gasteiger partial charge in [-0.3, -0.25) is 9.80 Å². The molecule has 3 atom stereocenters. The maximum Gasteiger partial charge on any atom is 0.0224 e. The predicted octanol–water partition coefficient (Wildman–Crippen LogP) is 1.54. The first-order chi connectivity index (χ1) is 8.22. The van der Waals surface area contributed by atoms with Crippen molar-refractivity contribution in [1.82, 2.24) is 15.1 Å². The van der Waals surface area contributed by atoms with Gasteiger partial charge in [-0.15, -0.1) is 0 Å². The zero-order valence-corrected chi connectivity index (χ0v) is 11.8. The Labute approximate surface area is 107 Å². The average molecular weight is 239 g/mol. The number of fused-ring (bicyclic) bond motifs is 1. The summed E-state index contributed by atoms with van der Waals surface area (Å²) in [6.45, 7) is 9.92. The minimum atomic E-state index is 0.744. The monoisotopic (exact) mass is 239 g/mol. The fourth-order valence-electron chi connectivity index (χ4n) is 3.56. The normalized spacial score (nSPS) is 32.6. The minimum absolute atomic E-state index is 0.744. The molecule has 0 spiro atoms. The van der Waals surface area contributed by atoms with Crippen LogP contribution in [0.25, 0.3) is 0 Å². The van der Waals surface area contributed by atoms with Crippen LogP contribution < -0.4 is 5.32 Å². The second-order valence-electron chi connectivity index (χ2n) is 5.93. The van der Waals surface area contributed by atoms with Crippen molar-refractivity contribution in [2.45, 2.75) is 57.7 Å². The first-order valence-corrected chi connectivity index (χ1v) is 7.36. The molecule has 3 unspecified atom stereocenters. The van der Waals surface area contributed by atoms with E-state index >= 15 is 0 Å². The van der Waals surface area contributed by atoms with E-state index in [0.29, 0.717) is 0 Å². The Balaban J connectivity index is 1.82. The summed E-state index contributed by atoms with van der Waals surface area (Å²) in [6, 6.07) is 2.35. The molecule has 0 bridgehead atoms. The molecule has 100 valence electrons. The highest BCUT2D eigenvalue weighted by molar-refractivity contribution is 4.92. The van der Waals surface area contributed by atoms with E-state index in [9.17, 15) is 0 Å². The van der Waals surface area contributed by atoms with Crippen LogP contribution >= 0.6 is 0 Å². The van der Waals surface area contributed by atoms with Crippen molar-refractivity contribution >= 4 is 0 Å². The van der Waals surface area contributed by atoms with Gasteiger partial charge in [0.2, 0.25) is 0 Å². The number of hydrogen-bond acceptors (Lipinski definition) is 3. The second kappa shape index (κ2) is 6.17. The van der Waals surface area contributed by atoms with E-state index in [2.05, 4.69) is 29.0 Å². The fraction of sp³-hybridized carbons (Fsp3) is 1.00. The molecule has 3 heteroatoms. The Kier molecular flexibility index (Phi) is 4.83. The van der Waals surface area contributed by atoms with Crippen LogP contribution in [-0.4, -0.2) is 61.2 Å². The molecule has 2 aliphatic heterocycles. The van der Waals surface area contributed by atoms with E-state index < -0.39 is 0 Å². The summed E-state index contributed by atoms with van der Waals surface area (Å²) in [7, 11) is 2.05. The summed E-state index contributed by atoms with van der Waals surface area (Å²) >= 11 is 0. The third kappa shape index (κ3) is 3.21. The third-order valence-corrected chi connectivity index (χ3v) is 4.60. The third-order valence-electron chi connectivity index (χ3n) is 4.60. The second-order valence-corrected chi connectivity index (χ2v) is 5.93. The quantitative estimate of drug-likeness (QED) is 0.734. The van der Waals surface area contributed by atoms with Gasteiger partial charge >= 0.3 is 0 Å². The van der Waals surface area contributed by atoms with E-state index in [1.807, 2.05) is 7.05 Å². The Morgan fingerprint density at radius 3 is 2.94 bits per heavy atom. The van der Waals surface area contributed by atoms with Crippen molar-refractivity contribution < 1.29 is 0 Å². The number of rotatable bonds is 5. The van der Waals surface area contributed by atoms with Crippen LogP contribution in [0.15, 0.2) is 0 Å². The molecule has 0 saturated carbocycles. The molecule has 0 aromatic heterocycles. The molecule has 2 heterocycles. The molecule has 2 rings (SSSR count). The van der Waals surface area contributed by atoms with Gasteiger partial charge in [0.05, 0.1) is 0 Å². The molecule has 1 N–H and O–H groups in total. The van der Waals surface area contributed by atoms with Gasteiger partial charge in [0, 0.05) is 31.2 Å². The summed E-state index contributed by atoms with van der Waals surface area (Å²) < 4.78 is 0. The highest BCUT2D eigenvalue weighted by atomic mass is 15.3. The first-order valence-electron chi connectivity index (χ1n) is 7.36. The number of nitrogens with one attached hydrogen (secondary N) is 1. The van der Waals surface area contributed by atoms with Gasteiger partial charge in [0.1, 0.15) is 0 Å². The Morgan fingerprint density at radius 1 is 1.35 bits per heavy atom. The smallest absolute Gasteiger partial charge is 0.0224 e. The molecule has 17 heavy (non-hydrogen) atoms. The maximum atomic E-state index is 3.25. The summed E-state index contributed by atoms with van der Waals surface area (Å²) in [5.41, 5.74) is 0. The van der Waals surface area contributed by atoms with Gasteiger partial charge in [0.25, 0.3) is 0 Å². The molecule has 0 amide bonds. The van der Waals surface area contributed by atoms with Crippen LogP contribution in [0.1, 0.15) is 39.5 Å². The minimum Gasteiger partial charge on any atom is -0.320 e. The van der Waals surface area contributed by atoms with Crippen molar-refractivity contribution in [3.63, 3.8) is 0 Å². The SMILES string of the molecule is CNCCCC(C)N1CC2CCCN2CC1C. The Bertz CT molecular complexity index is 232. The van der Waals surface area contributed by atoms with Crippen molar-refractivity contribution in [3.05, 3.63) is 0 Å². The van der Waals surface area contributed by atoms with Crippen LogP contribution in [0.4, 0.5) is 0 Å². The first kappa shape index (κ1) is 13.3. The Hall–Kier alpha value is -0.120. The van der Waals surface area contributed by atoms with Crippen molar-refractivity contribution in [1.29, 1.82) is 0 Å². The van der Waals surface area contributed by atoms with Crippen molar-refractivity contribution in [2.75, 3.05) is 33.2 Å². The predicted molar refractivity (Wildman–Crippen MR) is 73.4 cm³/mol. The topological polar surface area (TPSA) is 18.5 Å². The van der Waals surface area contributed by atoms with Crippen LogP contribution in [0.5, 0.6) is 0 Å². The molecule has 0 aliphatic carbocycles. The van der Waals surface area contributed by atoms with Gasteiger partial charge in [-0.25, -0.2) is 0 Å². The molecule has 2 saturated heterocycles. The lowest BCUT2D eigenvalue weighted by Gasteiger charge is -2.45. The summed E-state index contributed by atoms with van der Waals surface area (Å²) in [6.07, 6.45) is 5.47. The van der Waals surface area contributed by atoms with E-state index in [4.69, 9.17) is 0 Å². The largest absolute Gasteiger partial charge is 0.320 e. The maximum absolute atomic E-state index is 3.25. The van der Waals surface area contributed by atoms with Gasteiger partial charge in [-0.2, -0.15) is 0 Å². The summed E-state index contributed by atoms with van der Waals surface area (Å²) in [5.74, 6) is 0. The highest BCUT2D eigenvalue weighted by Crippen LogP contribution is 2.26. The Morgan fingerprint density at radius 2 is 2.18 bits per heavy atom. The summed E-state index contributed by atoms with van der Waals surface area (Å²) in [5, 5.41) is 3.25. The lowest BCUT2D eigenvalue weighted by Crippen LogP contribution is -2.57. The molecule has 3 nitrogen and oxygen atoms in total. The van der Waals surface area contributed by atoms with Crippen LogP contribution in [0.3, 0.4) is 0 Å². The molecular formula is C14H29N3. The van der Waals surface area contributed by atoms with Gasteiger partial charge in [0.15, 0.2) is 0 Å². The van der Waals surface area contributed by atoms with E-state index in [1.165, 1.54) is 45.3 Å². The molecular weight excluding hydrogens is 210 g/mol. The van der Waals surface area contributed by atoms with E-state index in [0.717, 1.165) is 24.7 Å². The van der Waals surface area contributed by atoms with Crippen molar-refractivity contribution in [2.24, 2.45) is 0 Å². The van der Waals surface area contributed by atoms with Gasteiger partial charge in [-0.05, 0) is 59.7 Å². The van der Waals surface area contributed by atoms with Gasteiger partial charge in [-0.1, -0.05) is 0 Å². The molecule has 0 aromatic rings. The molecule has 2 aliphatic rings. The number of piperazine rings is 1. The molecule has 0 aromatic carbocycles. The number of nitrogens with zero attached hydrogens (tertiary/aromatic N) is 2. The van der Waals surface area contributed by atoms with Crippen molar-refractivity contribution in [3.8, 4) is 0 Å². The van der Waals surface area contributed by atoms with Gasteiger partial charge < -0.3 is 5.32 Å².